The summed E-state index contributed by atoms with van der Waals surface area (Å²) in [7, 11) is 0. The molecule has 8 heteroatoms. The number of hydrogen-bond donors (Lipinski definition) is 3. The quantitative estimate of drug-likeness (QED) is 0.609. The largest absolute Gasteiger partial charge is 0.354 e. The first-order valence-electron chi connectivity index (χ1n) is 10.6. The van der Waals surface area contributed by atoms with Crippen molar-refractivity contribution in [3.63, 3.8) is 0 Å². The van der Waals surface area contributed by atoms with Crippen molar-refractivity contribution in [2.45, 2.75) is 70.4 Å². The Morgan fingerprint density at radius 1 is 1.07 bits per heavy atom. The van der Waals surface area contributed by atoms with E-state index in [2.05, 4.69) is 16.0 Å². The highest BCUT2D eigenvalue weighted by atomic mass is 35.5. The van der Waals surface area contributed by atoms with Crippen molar-refractivity contribution in [3.05, 3.63) is 0 Å². The maximum absolute atomic E-state index is 13.1. The van der Waals surface area contributed by atoms with E-state index in [-0.39, 0.29) is 54.0 Å². The zero-order chi connectivity index (χ0) is 19.2. The Morgan fingerprint density at radius 2 is 1.82 bits per heavy atom. The lowest BCUT2D eigenvalue weighted by molar-refractivity contribution is -0.139. The Morgan fingerprint density at radius 3 is 2.46 bits per heavy atom. The Kier molecular flexibility index (Phi) is 9.02. The third kappa shape index (κ3) is 6.08. The molecule has 0 aromatic carbocycles. The van der Waals surface area contributed by atoms with Gasteiger partial charge in [-0.05, 0) is 56.9 Å². The van der Waals surface area contributed by atoms with Gasteiger partial charge in [-0.3, -0.25) is 14.4 Å². The molecular formula is C20H35ClN4O3. The van der Waals surface area contributed by atoms with Crippen LogP contribution in [0.5, 0.6) is 0 Å². The van der Waals surface area contributed by atoms with Gasteiger partial charge in [-0.2, -0.15) is 0 Å². The monoisotopic (exact) mass is 414 g/mol. The van der Waals surface area contributed by atoms with Gasteiger partial charge in [0.15, 0.2) is 0 Å². The molecule has 3 unspecified atom stereocenters. The fourth-order valence-electron chi connectivity index (χ4n) is 4.80. The van der Waals surface area contributed by atoms with Crippen molar-refractivity contribution in [2.24, 2.45) is 11.8 Å². The number of carbonyl (C=O) groups excluding carboxylic acids is 3. The smallest absolute Gasteiger partial charge is 0.245 e. The van der Waals surface area contributed by atoms with E-state index in [1.807, 2.05) is 4.90 Å². The lowest BCUT2D eigenvalue weighted by Gasteiger charge is -2.36. The molecule has 0 bridgehead atoms. The van der Waals surface area contributed by atoms with Crippen LogP contribution in [0.3, 0.4) is 0 Å². The van der Waals surface area contributed by atoms with Gasteiger partial charge in [0.25, 0.3) is 0 Å². The molecule has 0 aromatic heterocycles. The fraction of sp³-hybridized carbons (Fsp3) is 0.850. The number of nitrogens with one attached hydrogen (secondary N) is 3. The van der Waals surface area contributed by atoms with E-state index in [0.29, 0.717) is 13.1 Å². The number of nitrogens with zero attached hydrogens (tertiary/aromatic N) is 1. The van der Waals surface area contributed by atoms with Crippen LogP contribution in [0.15, 0.2) is 0 Å². The SMILES string of the molecule is CC(=O)NC(C(=O)N1CCCC(CNC(=O)C2CCCN2)C1)C1CCCC1.Cl. The van der Waals surface area contributed by atoms with Crippen LogP contribution in [0.1, 0.15) is 58.3 Å². The van der Waals surface area contributed by atoms with Crippen LogP contribution in [0.25, 0.3) is 0 Å². The molecule has 2 heterocycles. The number of likely N-dealkylation sites (tertiary alicyclic amines) is 1. The van der Waals surface area contributed by atoms with Crippen LogP contribution in [0, 0.1) is 11.8 Å². The maximum atomic E-state index is 13.1. The van der Waals surface area contributed by atoms with Crippen molar-refractivity contribution in [3.8, 4) is 0 Å². The minimum absolute atomic E-state index is 0. The van der Waals surface area contributed by atoms with Gasteiger partial charge in [0, 0.05) is 26.6 Å². The highest BCUT2D eigenvalue weighted by Gasteiger charge is 2.36. The predicted octanol–water partition coefficient (Wildman–Crippen LogP) is 1.21. The van der Waals surface area contributed by atoms with Crippen LogP contribution in [0.4, 0.5) is 0 Å². The third-order valence-electron chi connectivity index (χ3n) is 6.27. The van der Waals surface area contributed by atoms with Gasteiger partial charge in [-0.25, -0.2) is 0 Å². The molecule has 2 aliphatic heterocycles. The molecule has 0 aromatic rings. The minimum Gasteiger partial charge on any atom is -0.354 e. The van der Waals surface area contributed by atoms with Crippen molar-refractivity contribution >= 4 is 30.1 Å². The fourth-order valence-corrected chi connectivity index (χ4v) is 4.80. The number of amides is 3. The number of halogens is 1. The first-order valence-corrected chi connectivity index (χ1v) is 10.6. The normalized spacial score (nSPS) is 26.4. The number of carbonyl (C=O) groups is 3. The van der Waals surface area contributed by atoms with Crippen LogP contribution in [-0.2, 0) is 14.4 Å². The van der Waals surface area contributed by atoms with E-state index >= 15 is 0 Å². The zero-order valence-electron chi connectivity index (χ0n) is 16.9. The van der Waals surface area contributed by atoms with Gasteiger partial charge >= 0.3 is 0 Å². The first-order chi connectivity index (χ1) is 13.0. The number of piperidine rings is 1. The van der Waals surface area contributed by atoms with Crippen LogP contribution in [-0.4, -0.2) is 60.9 Å². The van der Waals surface area contributed by atoms with E-state index < -0.39 is 0 Å². The average molecular weight is 415 g/mol. The van der Waals surface area contributed by atoms with Crippen molar-refractivity contribution in [2.75, 3.05) is 26.2 Å². The molecule has 1 saturated carbocycles. The topological polar surface area (TPSA) is 90.5 Å². The third-order valence-corrected chi connectivity index (χ3v) is 6.27. The summed E-state index contributed by atoms with van der Waals surface area (Å²) in [5.74, 6) is 0.554. The Hall–Kier alpha value is -1.34. The lowest BCUT2D eigenvalue weighted by atomic mass is 9.93. The summed E-state index contributed by atoms with van der Waals surface area (Å²) in [5, 5.41) is 9.19. The summed E-state index contributed by atoms with van der Waals surface area (Å²) < 4.78 is 0. The van der Waals surface area contributed by atoms with Crippen LogP contribution >= 0.6 is 12.4 Å². The molecule has 3 atom stereocenters. The standard InChI is InChI=1S/C20H34N4O3.ClH/c1-14(25)23-18(16-7-2-3-8-16)20(27)24-11-5-6-15(13-24)12-22-19(26)17-9-4-10-21-17;/h15-18,21H,2-13H2,1H3,(H,22,26)(H,23,25);1H. The molecule has 7 nitrogen and oxygen atoms in total. The van der Waals surface area contributed by atoms with Crippen LogP contribution in [0.2, 0.25) is 0 Å². The zero-order valence-corrected chi connectivity index (χ0v) is 17.7. The summed E-state index contributed by atoms with van der Waals surface area (Å²) in [6.07, 6.45) is 8.23. The van der Waals surface area contributed by atoms with E-state index in [4.69, 9.17) is 0 Å². The summed E-state index contributed by atoms with van der Waals surface area (Å²) in [5.41, 5.74) is 0. The van der Waals surface area contributed by atoms with E-state index in [1.54, 1.807) is 0 Å². The summed E-state index contributed by atoms with van der Waals surface area (Å²) in [4.78, 5) is 38.9. The van der Waals surface area contributed by atoms with E-state index in [1.165, 1.54) is 6.92 Å². The predicted molar refractivity (Wildman–Crippen MR) is 110 cm³/mol. The number of hydrogen-bond acceptors (Lipinski definition) is 4. The molecule has 3 rings (SSSR count). The van der Waals surface area contributed by atoms with Gasteiger partial charge < -0.3 is 20.9 Å². The molecule has 28 heavy (non-hydrogen) atoms. The number of rotatable bonds is 6. The van der Waals surface area contributed by atoms with Crippen molar-refractivity contribution in [1.82, 2.24) is 20.9 Å². The van der Waals surface area contributed by atoms with E-state index in [9.17, 15) is 14.4 Å². The molecule has 0 spiro atoms. The molecule has 160 valence electrons. The first kappa shape index (κ1) is 22.9. The second-order valence-electron chi connectivity index (χ2n) is 8.41. The van der Waals surface area contributed by atoms with Crippen LogP contribution < -0.4 is 16.0 Å². The Bertz CT molecular complexity index is 548. The molecule has 0 radical (unpaired) electrons. The Balaban J connectivity index is 0.00000280. The second kappa shape index (κ2) is 11.0. The molecular weight excluding hydrogens is 380 g/mol. The second-order valence-corrected chi connectivity index (χ2v) is 8.41. The van der Waals surface area contributed by atoms with Gasteiger partial charge in [0.2, 0.25) is 17.7 Å². The molecule has 3 amide bonds. The average Bonchev–Trinajstić information content (AvgIpc) is 3.37. The minimum atomic E-state index is -0.388. The lowest BCUT2D eigenvalue weighted by Crippen LogP contribution is -2.54. The molecule has 3 fully saturated rings. The van der Waals surface area contributed by atoms with Crippen molar-refractivity contribution < 1.29 is 14.4 Å². The van der Waals surface area contributed by atoms with Gasteiger partial charge in [-0.15, -0.1) is 12.4 Å². The highest BCUT2D eigenvalue weighted by Crippen LogP contribution is 2.29. The maximum Gasteiger partial charge on any atom is 0.245 e. The summed E-state index contributed by atoms with van der Waals surface area (Å²) >= 11 is 0. The Labute approximate surface area is 174 Å². The van der Waals surface area contributed by atoms with Gasteiger partial charge in [0.05, 0.1) is 6.04 Å². The highest BCUT2D eigenvalue weighted by molar-refractivity contribution is 5.87. The van der Waals surface area contributed by atoms with Gasteiger partial charge in [-0.1, -0.05) is 12.8 Å². The molecule has 3 N–H and O–H groups in total. The molecule has 3 aliphatic rings. The van der Waals surface area contributed by atoms with Crippen molar-refractivity contribution in [1.29, 1.82) is 0 Å². The summed E-state index contributed by atoms with van der Waals surface area (Å²) in [6, 6.07) is -0.445. The van der Waals surface area contributed by atoms with Gasteiger partial charge in [0.1, 0.15) is 6.04 Å². The summed E-state index contributed by atoms with van der Waals surface area (Å²) in [6.45, 7) is 4.43. The molecule has 2 saturated heterocycles. The molecule has 1 aliphatic carbocycles. The van der Waals surface area contributed by atoms with E-state index in [0.717, 1.165) is 64.5 Å².